The molecule has 1 N–H and O–H groups in total. The lowest BCUT2D eigenvalue weighted by Gasteiger charge is -2.12. The number of amides is 1. The lowest BCUT2D eigenvalue weighted by atomic mass is 10.1. The van der Waals surface area contributed by atoms with E-state index >= 15 is 0 Å². The lowest BCUT2D eigenvalue weighted by Crippen LogP contribution is -2.25. The third-order valence-electron chi connectivity index (χ3n) is 4.65. The Kier molecular flexibility index (Phi) is 13.5. The summed E-state index contributed by atoms with van der Waals surface area (Å²) in [5.41, 5.74) is 1.26. The average Bonchev–Trinajstić information content (AvgIpc) is 2.66. The summed E-state index contributed by atoms with van der Waals surface area (Å²) in [6.07, 6.45) is 15.4. The highest BCUT2D eigenvalue weighted by Gasteiger charge is 2.04. The summed E-state index contributed by atoms with van der Waals surface area (Å²) in [4.78, 5) is 11.8. The predicted octanol–water partition coefficient (Wildman–Crippen LogP) is 5.45. The molecule has 3 nitrogen and oxygen atoms in total. The van der Waals surface area contributed by atoms with E-state index in [2.05, 4.69) is 36.5 Å². The molecule has 1 rings (SSSR count). The van der Waals surface area contributed by atoms with E-state index in [1.54, 1.807) is 7.11 Å². The van der Waals surface area contributed by atoms with Crippen LogP contribution in [-0.4, -0.2) is 25.7 Å². The third-order valence-corrected chi connectivity index (χ3v) is 4.65. The van der Waals surface area contributed by atoms with Gasteiger partial charge in [0.1, 0.15) is 0 Å². The van der Waals surface area contributed by atoms with E-state index in [0.29, 0.717) is 19.1 Å². The zero-order valence-electron chi connectivity index (χ0n) is 16.7. The number of carbonyl (C=O) groups is 1. The van der Waals surface area contributed by atoms with Gasteiger partial charge in [0.25, 0.3) is 0 Å². The molecule has 0 fully saturated rings. The fourth-order valence-corrected chi connectivity index (χ4v) is 2.97. The highest BCUT2D eigenvalue weighted by molar-refractivity contribution is 5.75. The number of rotatable bonds is 15. The maximum atomic E-state index is 11.8. The molecule has 1 atom stereocenters. The first-order valence-corrected chi connectivity index (χ1v) is 10.2. The largest absolute Gasteiger partial charge is 0.381 e. The van der Waals surface area contributed by atoms with Crippen LogP contribution in [0.1, 0.15) is 70.3 Å². The highest BCUT2D eigenvalue weighted by atomic mass is 16.5. The number of methoxy groups -OCH3 is 1. The fraction of sp³-hybridized carbons (Fsp3) is 0.609. The van der Waals surface area contributed by atoms with Gasteiger partial charge in [-0.25, -0.2) is 0 Å². The Balaban J connectivity index is 2.04. The molecule has 0 heterocycles. The number of ether oxygens (including phenoxy) is 1. The number of unbranched alkanes of at least 4 members (excludes halogenated alkanes) is 4. The van der Waals surface area contributed by atoms with Crippen molar-refractivity contribution in [1.29, 1.82) is 0 Å². The summed E-state index contributed by atoms with van der Waals surface area (Å²) in [7, 11) is 1.80. The first-order chi connectivity index (χ1) is 12.8. The van der Waals surface area contributed by atoms with Crippen molar-refractivity contribution in [1.82, 2.24) is 5.32 Å². The maximum absolute atomic E-state index is 11.8. The van der Waals surface area contributed by atoms with Crippen LogP contribution in [0.4, 0.5) is 0 Å². The minimum absolute atomic E-state index is 0.129. The van der Waals surface area contributed by atoms with E-state index in [1.165, 1.54) is 37.7 Å². The molecule has 0 unspecified atom stereocenters. The summed E-state index contributed by atoms with van der Waals surface area (Å²) < 4.78 is 5.55. The van der Waals surface area contributed by atoms with Gasteiger partial charge >= 0.3 is 0 Å². The molecule has 0 aliphatic carbocycles. The standard InChI is InChI=1S/C23H37NO2/c1-3-4-5-6-11-16-22(26-2)17-12-8-13-18-23(25)24-20-19-21-14-9-7-10-15-21/h7-10,12,14-15,22H,3-6,11,13,16-20H2,1-2H3,(H,24,25)/b12-8+/t22-/m0/s1. The van der Waals surface area contributed by atoms with Gasteiger partial charge in [-0.05, 0) is 31.2 Å². The zero-order chi connectivity index (χ0) is 18.9. The van der Waals surface area contributed by atoms with Crippen molar-refractivity contribution in [3.05, 3.63) is 48.0 Å². The molecule has 0 aromatic heterocycles. The maximum Gasteiger partial charge on any atom is 0.220 e. The first-order valence-electron chi connectivity index (χ1n) is 10.2. The van der Waals surface area contributed by atoms with Gasteiger partial charge in [0.05, 0.1) is 6.10 Å². The number of hydrogen-bond donors (Lipinski definition) is 1. The van der Waals surface area contributed by atoms with Crippen molar-refractivity contribution in [2.75, 3.05) is 13.7 Å². The Labute approximate surface area is 160 Å². The van der Waals surface area contributed by atoms with Gasteiger partial charge in [0.2, 0.25) is 5.91 Å². The molecule has 0 saturated carbocycles. The van der Waals surface area contributed by atoms with Crippen LogP contribution in [0, 0.1) is 0 Å². The fourth-order valence-electron chi connectivity index (χ4n) is 2.97. The second-order valence-corrected chi connectivity index (χ2v) is 6.89. The van der Waals surface area contributed by atoms with Crippen LogP contribution in [0.5, 0.6) is 0 Å². The number of carbonyl (C=O) groups excluding carboxylic acids is 1. The highest BCUT2D eigenvalue weighted by Crippen LogP contribution is 2.12. The molecule has 146 valence electrons. The summed E-state index contributed by atoms with van der Waals surface area (Å²) in [5.74, 6) is 0.129. The number of nitrogens with one attached hydrogen (secondary N) is 1. The van der Waals surface area contributed by atoms with E-state index in [1.807, 2.05) is 18.2 Å². The molecular weight excluding hydrogens is 322 g/mol. The normalized spacial score (nSPS) is 12.4. The van der Waals surface area contributed by atoms with Crippen LogP contribution in [0.15, 0.2) is 42.5 Å². The van der Waals surface area contributed by atoms with E-state index in [-0.39, 0.29) is 5.91 Å². The summed E-state index contributed by atoms with van der Waals surface area (Å²) in [5, 5.41) is 2.99. The Morgan fingerprint density at radius 1 is 1.12 bits per heavy atom. The molecule has 0 radical (unpaired) electrons. The summed E-state index contributed by atoms with van der Waals surface area (Å²) in [6, 6.07) is 10.2. The van der Waals surface area contributed by atoms with Crippen molar-refractivity contribution in [2.45, 2.75) is 77.2 Å². The van der Waals surface area contributed by atoms with Crippen molar-refractivity contribution < 1.29 is 9.53 Å². The summed E-state index contributed by atoms with van der Waals surface area (Å²) in [6.45, 7) is 2.95. The van der Waals surface area contributed by atoms with E-state index < -0.39 is 0 Å². The molecule has 0 saturated heterocycles. The second kappa shape index (κ2) is 15.6. The lowest BCUT2D eigenvalue weighted by molar-refractivity contribution is -0.120. The van der Waals surface area contributed by atoms with Gasteiger partial charge in [0, 0.05) is 20.1 Å². The number of hydrogen-bond acceptors (Lipinski definition) is 2. The third kappa shape index (κ3) is 11.9. The predicted molar refractivity (Wildman–Crippen MR) is 110 cm³/mol. The van der Waals surface area contributed by atoms with Crippen LogP contribution >= 0.6 is 0 Å². The first kappa shape index (κ1) is 22.4. The van der Waals surface area contributed by atoms with Crippen molar-refractivity contribution in [3.8, 4) is 0 Å². The number of benzene rings is 1. The van der Waals surface area contributed by atoms with Crippen molar-refractivity contribution in [2.24, 2.45) is 0 Å². The SMILES string of the molecule is CCCCCCC[C@@H](C/C=C/CCC(=O)NCCc1ccccc1)OC. The monoisotopic (exact) mass is 359 g/mol. The van der Waals surface area contributed by atoms with Gasteiger partial charge in [-0.3, -0.25) is 4.79 Å². The Hall–Kier alpha value is -1.61. The van der Waals surface area contributed by atoms with Gasteiger partial charge in [0.15, 0.2) is 0 Å². The molecule has 1 aromatic carbocycles. The Morgan fingerprint density at radius 2 is 1.88 bits per heavy atom. The average molecular weight is 360 g/mol. The molecule has 3 heteroatoms. The van der Waals surface area contributed by atoms with Gasteiger partial charge in [-0.1, -0.05) is 81.5 Å². The minimum atomic E-state index is 0.129. The Bertz CT molecular complexity index is 484. The van der Waals surface area contributed by atoms with Crippen LogP contribution in [0.2, 0.25) is 0 Å². The zero-order valence-corrected chi connectivity index (χ0v) is 16.7. The van der Waals surface area contributed by atoms with E-state index in [0.717, 1.165) is 25.7 Å². The van der Waals surface area contributed by atoms with Crippen LogP contribution in [0.25, 0.3) is 0 Å². The second-order valence-electron chi connectivity index (χ2n) is 6.89. The molecule has 0 aliphatic heterocycles. The molecule has 26 heavy (non-hydrogen) atoms. The summed E-state index contributed by atoms with van der Waals surface area (Å²) >= 11 is 0. The Morgan fingerprint density at radius 3 is 2.62 bits per heavy atom. The molecule has 1 aromatic rings. The van der Waals surface area contributed by atoms with Crippen LogP contribution in [0.3, 0.4) is 0 Å². The number of allylic oxidation sites excluding steroid dienone is 1. The quantitative estimate of drug-likeness (QED) is 0.334. The van der Waals surface area contributed by atoms with Crippen molar-refractivity contribution in [3.63, 3.8) is 0 Å². The van der Waals surface area contributed by atoms with E-state index in [9.17, 15) is 4.79 Å². The molecule has 1 amide bonds. The van der Waals surface area contributed by atoms with Gasteiger partial charge in [-0.15, -0.1) is 0 Å². The topological polar surface area (TPSA) is 38.3 Å². The smallest absolute Gasteiger partial charge is 0.220 e. The molecule has 0 bridgehead atoms. The van der Waals surface area contributed by atoms with Crippen molar-refractivity contribution >= 4 is 5.91 Å². The van der Waals surface area contributed by atoms with Gasteiger partial charge in [-0.2, -0.15) is 0 Å². The molecule has 0 aliphatic rings. The minimum Gasteiger partial charge on any atom is -0.381 e. The van der Waals surface area contributed by atoms with E-state index in [4.69, 9.17) is 4.74 Å². The van der Waals surface area contributed by atoms with Gasteiger partial charge < -0.3 is 10.1 Å². The molecule has 0 spiro atoms. The molecular formula is C23H37NO2. The van der Waals surface area contributed by atoms with Crippen LogP contribution < -0.4 is 5.32 Å². The van der Waals surface area contributed by atoms with Crippen LogP contribution in [-0.2, 0) is 16.0 Å².